The van der Waals surface area contributed by atoms with Crippen molar-refractivity contribution in [3.05, 3.63) is 65.9 Å². The van der Waals surface area contributed by atoms with Crippen LogP contribution in [0.2, 0.25) is 0 Å². The SMILES string of the molecule is N/C(=N\c1nc(-c2ccccc2)cs1)c1nc2ccccc2o1. The highest BCUT2D eigenvalue weighted by Crippen LogP contribution is 2.27. The topological polar surface area (TPSA) is 77.3 Å². The maximum Gasteiger partial charge on any atom is 0.263 e. The van der Waals surface area contributed by atoms with Gasteiger partial charge < -0.3 is 10.2 Å². The zero-order valence-electron chi connectivity index (χ0n) is 12.0. The Bertz CT molecular complexity index is 955. The second-order valence-corrected chi connectivity index (χ2v) is 5.70. The first-order valence-corrected chi connectivity index (χ1v) is 7.88. The van der Waals surface area contributed by atoms with E-state index in [1.807, 2.05) is 60.0 Å². The molecule has 5 nitrogen and oxygen atoms in total. The number of amidine groups is 1. The number of aromatic nitrogens is 2. The largest absolute Gasteiger partial charge is 0.434 e. The summed E-state index contributed by atoms with van der Waals surface area (Å²) in [4.78, 5) is 13.1. The first-order chi connectivity index (χ1) is 11.3. The lowest BCUT2D eigenvalue weighted by molar-refractivity contribution is 0.589. The number of nitrogens with zero attached hydrogens (tertiary/aromatic N) is 3. The van der Waals surface area contributed by atoms with Crippen molar-refractivity contribution in [2.45, 2.75) is 0 Å². The third-order valence-corrected chi connectivity index (χ3v) is 4.03. The van der Waals surface area contributed by atoms with Gasteiger partial charge in [0.15, 0.2) is 11.4 Å². The number of para-hydroxylation sites is 2. The summed E-state index contributed by atoms with van der Waals surface area (Å²) in [6.45, 7) is 0. The minimum atomic E-state index is 0.218. The Morgan fingerprint density at radius 3 is 2.61 bits per heavy atom. The molecule has 0 saturated carbocycles. The van der Waals surface area contributed by atoms with E-state index in [0.29, 0.717) is 16.6 Å². The molecule has 2 aromatic carbocycles. The molecule has 4 rings (SSSR count). The third-order valence-electron chi connectivity index (χ3n) is 3.29. The van der Waals surface area contributed by atoms with Crippen LogP contribution in [0, 0.1) is 0 Å². The van der Waals surface area contributed by atoms with Gasteiger partial charge in [0.05, 0.1) is 5.69 Å². The molecule has 6 heteroatoms. The average molecular weight is 320 g/mol. The van der Waals surface area contributed by atoms with Crippen molar-refractivity contribution in [1.29, 1.82) is 0 Å². The van der Waals surface area contributed by atoms with Crippen molar-refractivity contribution >= 4 is 33.4 Å². The smallest absolute Gasteiger partial charge is 0.263 e. The second kappa shape index (κ2) is 5.66. The average Bonchev–Trinajstić information content (AvgIpc) is 3.22. The highest BCUT2D eigenvalue weighted by molar-refractivity contribution is 7.13. The monoisotopic (exact) mass is 320 g/mol. The van der Waals surface area contributed by atoms with Gasteiger partial charge in [0.1, 0.15) is 5.52 Å². The van der Waals surface area contributed by atoms with Crippen LogP contribution in [-0.4, -0.2) is 15.8 Å². The van der Waals surface area contributed by atoms with Gasteiger partial charge in [-0.15, -0.1) is 11.3 Å². The van der Waals surface area contributed by atoms with E-state index in [1.165, 1.54) is 11.3 Å². The van der Waals surface area contributed by atoms with Crippen molar-refractivity contribution in [3.8, 4) is 11.3 Å². The predicted octanol–water partition coefficient (Wildman–Crippen LogP) is 3.99. The van der Waals surface area contributed by atoms with Crippen molar-refractivity contribution in [1.82, 2.24) is 9.97 Å². The van der Waals surface area contributed by atoms with Gasteiger partial charge in [0, 0.05) is 10.9 Å². The Labute approximate surface area is 136 Å². The van der Waals surface area contributed by atoms with E-state index < -0.39 is 0 Å². The van der Waals surface area contributed by atoms with E-state index in [-0.39, 0.29) is 5.84 Å². The molecular weight excluding hydrogens is 308 g/mol. The molecule has 0 fully saturated rings. The molecule has 2 aromatic heterocycles. The Morgan fingerprint density at radius 1 is 1.00 bits per heavy atom. The van der Waals surface area contributed by atoms with Gasteiger partial charge in [-0.25, -0.2) is 9.97 Å². The summed E-state index contributed by atoms with van der Waals surface area (Å²) in [5.41, 5.74) is 9.36. The van der Waals surface area contributed by atoms with Gasteiger partial charge in [-0.3, -0.25) is 0 Å². The van der Waals surface area contributed by atoms with Crippen molar-refractivity contribution in [2.24, 2.45) is 10.7 Å². The van der Waals surface area contributed by atoms with Crippen LogP contribution in [0.15, 0.2) is 69.4 Å². The van der Waals surface area contributed by atoms with E-state index in [4.69, 9.17) is 10.2 Å². The molecule has 2 N–H and O–H groups in total. The molecule has 0 atom stereocenters. The molecule has 0 spiro atoms. The molecule has 4 aromatic rings. The summed E-state index contributed by atoms with van der Waals surface area (Å²) in [6, 6.07) is 17.4. The summed E-state index contributed by atoms with van der Waals surface area (Å²) >= 11 is 1.43. The normalized spacial score (nSPS) is 11.9. The van der Waals surface area contributed by atoms with E-state index >= 15 is 0 Å². The van der Waals surface area contributed by atoms with Crippen molar-refractivity contribution < 1.29 is 4.42 Å². The first kappa shape index (κ1) is 13.7. The molecule has 0 bridgehead atoms. The van der Waals surface area contributed by atoms with Gasteiger partial charge in [-0.2, -0.15) is 4.99 Å². The Kier molecular flexibility index (Phi) is 3.36. The molecule has 0 aliphatic carbocycles. The van der Waals surface area contributed by atoms with E-state index in [0.717, 1.165) is 16.8 Å². The van der Waals surface area contributed by atoms with Gasteiger partial charge >= 0.3 is 0 Å². The first-order valence-electron chi connectivity index (χ1n) is 7.01. The van der Waals surface area contributed by atoms with Crippen LogP contribution in [0.4, 0.5) is 5.13 Å². The summed E-state index contributed by atoms with van der Waals surface area (Å²) in [6.07, 6.45) is 0. The molecule has 0 radical (unpaired) electrons. The fourth-order valence-electron chi connectivity index (χ4n) is 2.19. The number of fused-ring (bicyclic) bond motifs is 1. The van der Waals surface area contributed by atoms with Crippen LogP contribution in [0.3, 0.4) is 0 Å². The molecule has 0 aliphatic heterocycles. The zero-order chi connectivity index (χ0) is 15.6. The highest BCUT2D eigenvalue weighted by atomic mass is 32.1. The number of thiazole rings is 1. The Balaban J connectivity index is 1.66. The quantitative estimate of drug-likeness (QED) is 0.457. The minimum Gasteiger partial charge on any atom is -0.434 e. The predicted molar refractivity (Wildman–Crippen MR) is 91.9 cm³/mol. The summed E-state index contributed by atoms with van der Waals surface area (Å²) < 4.78 is 5.60. The number of benzene rings is 2. The number of oxazole rings is 1. The van der Waals surface area contributed by atoms with E-state index in [2.05, 4.69) is 15.0 Å². The maximum atomic E-state index is 6.00. The van der Waals surface area contributed by atoms with Gasteiger partial charge in [-0.1, -0.05) is 42.5 Å². The maximum absolute atomic E-state index is 6.00. The van der Waals surface area contributed by atoms with Gasteiger partial charge in [-0.05, 0) is 12.1 Å². The number of hydrogen-bond donors (Lipinski definition) is 1. The molecular formula is C17H12N4OS. The van der Waals surface area contributed by atoms with Crippen molar-refractivity contribution in [3.63, 3.8) is 0 Å². The molecule has 112 valence electrons. The lowest BCUT2D eigenvalue weighted by atomic mass is 10.2. The van der Waals surface area contributed by atoms with Crippen molar-refractivity contribution in [2.75, 3.05) is 0 Å². The zero-order valence-corrected chi connectivity index (χ0v) is 12.8. The van der Waals surface area contributed by atoms with Gasteiger partial charge in [0.2, 0.25) is 5.13 Å². The Morgan fingerprint density at radius 2 is 1.78 bits per heavy atom. The molecule has 0 amide bonds. The standard InChI is InChI=1S/C17H12N4OS/c18-15(16-19-12-8-4-5-9-14(12)22-16)21-17-20-13(10-23-17)11-6-2-1-3-7-11/h1-10H,(H2,18,20,21). The lowest BCUT2D eigenvalue weighted by Crippen LogP contribution is -2.12. The van der Waals surface area contributed by atoms with Crippen LogP contribution < -0.4 is 5.73 Å². The van der Waals surface area contributed by atoms with Crippen LogP contribution >= 0.6 is 11.3 Å². The number of hydrogen-bond acceptors (Lipinski definition) is 5. The lowest BCUT2D eigenvalue weighted by Gasteiger charge is -1.94. The molecule has 0 unspecified atom stereocenters. The molecule has 23 heavy (non-hydrogen) atoms. The summed E-state index contributed by atoms with van der Waals surface area (Å²) in [7, 11) is 0. The third kappa shape index (κ3) is 2.72. The Hall–Kier alpha value is -2.99. The van der Waals surface area contributed by atoms with Gasteiger partial charge in [0.25, 0.3) is 5.89 Å². The number of nitrogens with two attached hydrogens (primary N) is 1. The fraction of sp³-hybridized carbons (Fsp3) is 0. The number of rotatable bonds is 3. The molecule has 0 aliphatic rings. The minimum absolute atomic E-state index is 0.218. The summed E-state index contributed by atoms with van der Waals surface area (Å²) in [5, 5.41) is 2.52. The highest BCUT2D eigenvalue weighted by Gasteiger charge is 2.10. The van der Waals surface area contributed by atoms with Crippen LogP contribution in [0.25, 0.3) is 22.4 Å². The van der Waals surface area contributed by atoms with Crippen LogP contribution in [-0.2, 0) is 0 Å². The molecule has 0 saturated heterocycles. The fourth-order valence-corrected chi connectivity index (χ4v) is 2.90. The van der Waals surface area contributed by atoms with Crippen LogP contribution in [0.1, 0.15) is 5.89 Å². The molecule has 2 heterocycles. The summed E-state index contributed by atoms with van der Waals surface area (Å²) in [5.74, 6) is 0.526. The number of aliphatic imine (C=N–C) groups is 1. The van der Waals surface area contributed by atoms with E-state index in [1.54, 1.807) is 0 Å². The van der Waals surface area contributed by atoms with E-state index in [9.17, 15) is 0 Å². The van der Waals surface area contributed by atoms with Crippen LogP contribution in [0.5, 0.6) is 0 Å². The second-order valence-electron chi connectivity index (χ2n) is 4.87.